The van der Waals surface area contributed by atoms with Crippen LogP contribution in [0.2, 0.25) is 0 Å². The number of hydrogen-bond acceptors (Lipinski definition) is 7. The van der Waals surface area contributed by atoms with Crippen molar-refractivity contribution in [1.29, 1.82) is 0 Å². The standard InChI is InChI=1S/C17H15FN8O2S/c18-15-7-6-13(10-14(15)17-21-24-25-22-17)29(27,28)23-16(11-26-19-8-9-20-26)12-4-2-1-3-5-12/h1-10,16,23H,11H2,(H,21,22,24,25). The highest BCUT2D eigenvalue weighted by Gasteiger charge is 2.24. The van der Waals surface area contributed by atoms with Gasteiger partial charge >= 0.3 is 0 Å². The van der Waals surface area contributed by atoms with Crippen LogP contribution < -0.4 is 4.72 Å². The van der Waals surface area contributed by atoms with Crippen molar-refractivity contribution in [3.8, 4) is 11.4 Å². The van der Waals surface area contributed by atoms with Crippen molar-refractivity contribution in [2.24, 2.45) is 0 Å². The molecule has 0 aliphatic carbocycles. The zero-order valence-corrected chi connectivity index (χ0v) is 15.7. The molecule has 4 aromatic rings. The van der Waals surface area contributed by atoms with Crippen LogP contribution in [0.5, 0.6) is 0 Å². The molecule has 1 unspecified atom stereocenters. The maximum absolute atomic E-state index is 14.1. The molecule has 2 aromatic carbocycles. The first-order valence-electron chi connectivity index (χ1n) is 8.48. The summed E-state index contributed by atoms with van der Waals surface area (Å²) in [5.41, 5.74) is 0.653. The maximum Gasteiger partial charge on any atom is 0.241 e. The number of tetrazole rings is 1. The fourth-order valence-electron chi connectivity index (χ4n) is 2.77. The molecule has 0 fully saturated rings. The molecule has 0 saturated carbocycles. The first kappa shape index (κ1) is 18.8. The van der Waals surface area contributed by atoms with Crippen LogP contribution in [0.15, 0.2) is 65.8 Å². The van der Waals surface area contributed by atoms with Crippen molar-refractivity contribution >= 4 is 10.0 Å². The van der Waals surface area contributed by atoms with Crippen LogP contribution >= 0.6 is 0 Å². The van der Waals surface area contributed by atoms with Crippen LogP contribution in [-0.4, -0.2) is 44.0 Å². The van der Waals surface area contributed by atoms with E-state index in [1.807, 2.05) is 6.07 Å². The molecule has 2 aromatic heterocycles. The van der Waals surface area contributed by atoms with Gasteiger partial charge in [-0.3, -0.25) is 0 Å². The van der Waals surface area contributed by atoms with Gasteiger partial charge in [0.25, 0.3) is 0 Å². The number of nitrogens with one attached hydrogen (secondary N) is 2. The van der Waals surface area contributed by atoms with Gasteiger partial charge in [-0.05, 0) is 29.0 Å². The lowest BCUT2D eigenvalue weighted by Gasteiger charge is -2.19. The molecule has 0 spiro atoms. The number of halogens is 1. The number of nitrogens with zero attached hydrogens (tertiary/aromatic N) is 6. The molecule has 2 N–H and O–H groups in total. The number of H-pyrrole nitrogens is 1. The lowest BCUT2D eigenvalue weighted by molar-refractivity contribution is 0.444. The van der Waals surface area contributed by atoms with Gasteiger partial charge in [0.1, 0.15) is 5.82 Å². The van der Waals surface area contributed by atoms with E-state index in [2.05, 4.69) is 35.5 Å². The molecule has 0 aliphatic heterocycles. The van der Waals surface area contributed by atoms with E-state index in [1.54, 1.807) is 24.3 Å². The largest absolute Gasteiger partial charge is 0.241 e. The van der Waals surface area contributed by atoms with Gasteiger partial charge in [-0.15, -0.1) is 10.2 Å². The summed E-state index contributed by atoms with van der Waals surface area (Å²) in [6, 6.07) is 11.8. The number of aromatic amines is 1. The summed E-state index contributed by atoms with van der Waals surface area (Å²) in [4.78, 5) is 1.25. The number of sulfonamides is 1. The molecule has 0 amide bonds. The minimum atomic E-state index is -4.01. The summed E-state index contributed by atoms with van der Waals surface area (Å²) >= 11 is 0. The third-order valence-corrected chi connectivity index (χ3v) is 5.62. The summed E-state index contributed by atoms with van der Waals surface area (Å²) < 4.78 is 42.8. The predicted molar refractivity (Wildman–Crippen MR) is 99.1 cm³/mol. The van der Waals surface area contributed by atoms with Crippen LogP contribution in [0.4, 0.5) is 4.39 Å². The van der Waals surface area contributed by atoms with E-state index in [4.69, 9.17) is 0 Å². The molecule has 4 rings (SSSR count). The van der Waals surface area contributed by atoms with Crippen molar-refractivity contribution < 1.29 is 12.8 Å². The molecule has 0 bridgehead atoms. The number of aromatic nitrogens is 7. The average Bonchev–Trinajstić information content (AvgIpc) is 3.42. The lowest BCUT2D eigenvalue weighted by Crippen LogP contribution is -2.32. The Kier molecular flexibility index (Phi) is 5.10. The smallest absolute Gasteiger partial charge is 0.207 e. The van der Waals surface area contributed by atoms with E-state index in [1.165, 1.54) is 23.3 Å². The van der Waals surface area contributed by atoms with Crippen molar-refractivity contribution in [3.63, 3.8) is 0 Å². The van der Waals surface area contributed by atoms with Gasteiger partial charge in [0, 0.05) is 0 Å². The third-order valence-electron chi connectivity index (χ3n) is 4.15. The summed E-state index contributed by atoms with van der Waals surface area (Å²) in [6.07, 6.45) is 3.02. The van der Waals surface area contributed by atoms with Gasteiger partial charge in [-0.25, -0.2) is 17.5 Å². The van der Waals surface area contributed by atoms with Crippen LogP contribution in [-0.2, 0) is 16.6 Å². The molecule has 0 aliphatic rings. The molecule has 12 heteroatoms. The second kappa shape index (κ2) is 7.85. The molecular weight excluding hydrogens is 399 g/mol. The molecule has 0 radical (unpaired) electrons. The van der Waals surface area contributed by atoms with Crippen molar-refractivity contribution in [2.75, 3.05) is 0 Å². The fourth-order valence-corrected chi connectivity index (χ4v) is 4.01. The maximum atomic E-state index is 14.1. The summed E-state index contributed by atoms with van der Waals surface area (Å²) in [5.74, 6) is -0.703. The molecular formula is C17H15FN8O2S. The molecule has 29 heavy (non-hydrogen) atoms. The minimum Gasteiger partial charge on any atom is -0.207 e. The first-order chi connectivity index (χ1) is 14.0. The van der Waals surface area contributed by atoms with E-state index in [9.17, 15) is 12.8 Å². The molecule has 2 heterocycles. The monoisotopic (exact) mass is 414 g/mol. The minimum absolute atomic E-state index is 0.0418. The number of rotatable bonds is 7. The Morgan fingerprint density at radius 3 is 2.55 bits per heavy atom. The molecule has 0 saturated heterocycles. The molecule has 1 atom stereocenters. The summed E-state index contributed by atoms with van der Waals surface area (Å²) in [6.45, 7) is 0.176. The molecule has 148 valence electrons. The van der Waals surface area contributed by atoms with Crippen LogP contribution in [0.1, 0.15) is 11.6 Å². The Labute approximate surface area is 164 Å². The second-order valence-electron chi connectivity index (χ2n) is 6.05. The zero-order valence-electron chi connectivity index (χ0n) is 14.8. The van der Waals surface area contributed by atoms with Gasteiger partial charge < -0.3 is 0 Å². The average molecular weight is 414 g/mol. The fraction of sp³-hybridized carbons (Fsp3) is 0.118. The van der Waals surface area contributed by atoms with Crippen LogP contribution in [0.3, 0.4) is 0 Å². The van der Waals surface area contributed by atoms with Gasteiger partial charge in [-0.2, -0.15) is 20.2 Å². The highest BCUT2D eigenvalue weighted by atomic mass is 32.2. The van der Waals surface area contributed by atoms with Crippen LogP contribution in [0, 0.1) is 5.82 Å². The van der Waals surface area contributed by atoms with Crippen LogP contribution in [0.25, 0.3) is 11.4 Å². The molecule has 10 nitrogen and oxygen atoms in total. The van der Waals surface area contributed by atoms with E-state index in [0.29, 0.717) is 0 Å². The van der Waals surface area contributed by atoms with E-state index < -0.39 is 21.9 Å². The SMILES string of the molecule is O=S(=O)(NC(Cn1nccn1)c1ccccc1)c1ccc(F)c(-c2nn[nH]n2)c1. The van der Waals surface area contributed by atoms with E-state index in [0.717, 1.165) is 17.7 Å². The van der Waals surface area contributed by atoms with Crippen molar-refractivity contribution in [1.82, 2.24) is 40.3 Å². The van der Waals surface area contributed by atoms with Crippen molar-refractivity contribution in [3.05, 3.63) is 72.3 Å². The highest BCUT2D eigenvalue weighted by molar-refractivity contribution is 7.89. The summed E-state index contributed by atoms with van der Waals surface area (Å²) in [7, 11) is -4.01. The summed E-state index contributed by atoms with van der Waals surface area (Å²) in [5, 5.41) is 21.1. The van der Waals surface area contributed by atoms with E-state index >= 15 is 0 Å². The quantitative estimate of drug-likeness (QED) is 0.466. The Balaban J connectivity index is 1.67. The Hall–Kier alpha value is -3.51. The Morgan fingerprint density at radius 1 is 1.10 bits per heavy atom. The van der Waals surface area contributed by atoms with Gasteiger partial charge in [-0.1, -0.05) is 30.3 Å². The van der Waals surface area contributed by atoms with Gasteiger partial charge in [0.2, 0.25) is 15.8 Å². The topological polar surface area (TPSA) is 131 Å². The zero-order chi connectivity index (χ0) is 20.3. The van der Waals surface area contributed by atoms with E-state index in [-0.39, 0.29) is 22.8 Å². The normalized spacial score (nSPS) is 12.7. The van der Waals surface area contributed by atoms with Crippen molar-refractivity contribution in [2.45, 2.75) is 17.5 Å². The predicted octanol–water partition coefficient (Wildman–Crippen LogP) is 1.32. The second-order valence-corrected chi connectivity index (χ2v) is 7.76. The lowest BCUT2D eigenvalue weighted by atomic mass is 10.1. The Bertz CT molecular complexity index is 1180. The highest BCUT2D eigenvalue weighted by Crippen LogP contribution is 2.24. The third kappa shape index (κ3) is 4.17. The Morgan fingerprint density at radius 2 is 1.86 bits per heavy atom. The first-order valence-corrected chi connectivity index (χ1v) is 9.96. The van der Waals surface area contributed by atoms with Gasteiger partial charge in [0.05, 0.1) is 35.4 Å². The number of hydrogen-bond donors (Lipinski definition) is 2. The number of benzene rings is 2. The van der Waals surface area contributed by atoms with Gasteiger partial charge in [0.15, 0.2) is 0 Å².